The fourth-order valence-corrected chi connectivity index (χ4v) is 4.94. The number of hydrogen-bond acceptors (Lipinski definition) is 5. The van der Waals surface area contributed by atoms with E-state index in [-0.39, 0.29) is 10.5 Å². The van der Waals surface area contributed by atoms with Gasteiger partial charge in [-0.25, -0.2) is 17.4 Å². The number of anilines is 1. The van der Waals surface area contributed by atoms with Gasteiger partial charge in [0.05, 0.1) is 26.7 Å². The molecule has 0 radical (unpaired) electrons. The Hall–Kier alpha value is -2.81. The van der Waals surface area contributed by atoms with Gasteiger partial charge in [0.25, 0.3) is 15.9 Å². The minimum atomic E-state index is -4.05. The van der Waals surface area contributed by atoms with Gasteiger partial charge in [-0.2, -0.15) is 5.10 Å². The van der Waals surface area contributed by atoms with Gasteiger partial charge in [0, 0.05) is 18.8 Å². The summed E-state index contributed by atoms with van der Waals surface area (Å²) >= 11 is 12.3. The summed E-state index contributed by atoms with van der Waals surface area (Å²) in [5, 5.41) is 8.15. The van der Waals surface area contributed by atoms with Crippen molar-refractivity contribution >= 4 is 45.0 Å². The molecule has 1 aliphatic heterocycles. The first-order valence-electron chi connectivity index (χ1n) is 9.26. The van der Waals surface area contributed by atoms with E-state index in [9.17, 15) is 13.2 Å². The minimum Gasteiger partial charge on any atom is -0.344 e. The number of benzene rings is 2. The molecule has 0 saturated heterocycles. The van der Waals surface area contributed by atoms with Crippen molar-refractivity contribution < 1.29 is 13.2 Å². The second-order valence-electron chi connectivity index (χ2n) is 6.99. The highest BCUT2D eigenvalue weighted by Crippen LogP contribution is 2.38. The Kier molecular flexibility index (Phi) is 5.55. The highest BCUT2D eigenvalue weighted by atomic mass is 35.5. The van der Waals surface area contributed by atoms with E-state index in [1.54, 1.807) is 60.3 Å². The van der Waals surface area contributed by atoms with E-state index in [1.807, 2.05) is 0 Å². The van der Waals surface area contributed by atoms with E-state index in [2.05, 4.69) is 10.4 Å². The molecule has 2 heterocycles. The molecule has 1 unspecified atom stereocenters. The Morgan fingerprint density at radius 3 is 2.48 bits per heavy atom. The van der Waals surface area contributed by atoms with Crippen LogP contribution < -0.4 is 5.32 Å². The maximum Gasteiger partial charge on any atom is 0.267 e. The van der Waals surface area contributed by atoms with E-state index >= 15 is 0 Å². The lowest BCUT2D eigenvalue weighted by Crippen LogP contribution is -2.39. The molecule has 0 aliphatic carbocycles. The topological polar surface area (TPSA) is 84.3 Å². The van der Waals surface area contributed by atoms with Crippen LogP contribution in [0.1, 0.15) is 18.5 Å². The second kappa shape index (κ2) is 8.03. The molecule has 1 aliphatic rings. The molecule has 1 aromatic heterocycles. The maximum atomic E-state index is 13.5. The smallest absolute Gasteiger partial charge is 0.267 e. The highest BCUT2D eigenvalue weighted by molar-refractivity contribution is 7.89. The van der Waals surface area contributed by atoms with Gasteiger partial charge >= 0.3 is 0 Å². The average molecular weight is 477 g/mol. The van der Waals surface area contributed by atoms with Gasteiger partial charge in [0.1, 0.15) is 11.9 Å². The summed E-state index contributed by atoms with van der Waals surface area (Å²) < 4.78 is 28.5. The van der Waals surface area contributed by atoms with Crippen molar-refractivity contribution in [3.05, 3.63) is 87.7 Å². The van der Waals surface area contributed by atoms with Gasteiger partial charge in [0.15, 0.2) is 0 Å². The quantitative estimate of drug-likeness (QED) is 0.605. The summed E-state index contributed by atoms with van der Waals surface area (Å²) in [6.07, 6.45) is 1.60. The predicted octanol–water partition coefficient (Wildman–Crippen LogP) is 4.33. The minimum absolute atomic E-state index is 0.0266. The number of halogens is 2. The summed E-state index contributed by atoms with van der Waals surface area (Å²) in [6, 6.07) is 13.9. The molecule has 4 rings (SSSR count). The lowest BCUT2D eigenvalue weighted by atomic mass is 9.95. The number of aromatic nitrogens is 2. The Morgan fingerprint density at radius 1 is 1.10 bits per heavy atom. The molecule has 1 atom stereocenters. The van der Waals surface area contributed by atoms with Crippen molar-refractivity contribution in [2.45, 2.75) is 17.9 Å². The standard InChI is InChI=1S/C21H18Cl2N4O3S/c1-13-19(21(28)26(2)31(29,30)15-6-4-3-5-7-15)20(27-18(25-13)10-11-24-27)14-8-9-16(22)17(23)12-14/h3-12,20,25H,1-2H3. The van der Waals surface area contributed by atoms with Crippen molar-refractivity contribution in [3.8, 4) is 0 Å². The van der Waals surface area contributed by atoms with Crippen LogP contribution in [0, 0.1) is 0 Å². The fraction of sp³-hybridized carbons (Fsp3) is 0.143. The van der Waals surface area contributed by atoms with Crippen molar-refractivity contribution in [2.24, 2.45) is 0 Å². The molecule has 0 saturated carbocycles. The molecular formula is C21H18Cl2N4O3S. The molecule has 160 valence electrons. The molecule has 0 bridgehead atoms. The number of allylic oxidation sites excluding steroid dienone is 1. The number of carbonyl (C=O) groups excluding carboxylic acids is 1. The Bertz CT molecular complexity index is 1300. The predicted molar refractivity (Wildman–Crippen MR) is 120 cm³/mol. The van der Waals surface area contributed by atoms with Crippen LogP contribution in [0.3, 0.4) is 0 Å². The van der Waals surface area contributed by atoms with Crippen LogP contribution in [-0.2, 0) is 14.8 Å². The van der Waals surface area contributed by atoms with Crippen LogP contribution >= 0.6 is 23.2 Å². The molecule has 31 heavy (non-hydrogen) atoms. The summed E-state index contributed by atoms with van der Waals surface area (Å²) in [7, 11) is -2.80. The molecule has 10 heteroatoms. The first kappa shape index (κ1) is 21.4. The second-order valence-corrected chi connectivity index (χ2v) is 9.78. The van der Waals surface area contributed by atoms with E-state index in [1.165, 1.54) is 19.2 Å². The van der Waals surface area contributed by atoms with E-state index in [0.717, 1.165) is 4.31 Å². The van der Waals surface area contributed by atoms with Crippen LogP contribution in [0.5, 0.6) is 0 Å². The summed E-state index contributed by atoms with van der Waals surface area (Å²) in [5.74, 6) is -0.00947. The Balaban J connectivity index is 1.82. The van der Waals surface area contributed by atoms with Gasteiger partial charge in [-0.05, 0) is 36.8 Å². The molecular weight excluding hydrogens is 459 g/mol. The van der Waals surface area contributed by atoms with Crippen LogP contribution in [0.15, 0.2) is 77.0 Å². The number of nitrogens with zero attached hydrogens (tertiary/aromatic N) is 3. The zero-order valence-corrected chi connectivity index (χ0v) is 18.9. The number of sulfonamides is 1. The zero-order chi connectivity index (χ0) is 22.3. The molecule has 1 N–H and O–H groups in total. The lowest BCUT2D eigenvalue weighted by molar-refractivity contribution is -0.122. The normalized spacial score (nSPS) is 15.9. The largest absolute Gasteiger partial charge is 0.344 e. The van der Waals surface area contributed by atoms with Crippen LogP contribution in [-0.4, -0.2) is 35.5 Å². The molecule has 0 fully saturated rings. The fourth-order valence-electron chi connectivity index (χ4n) is 3.50. The number of likely N-dealkylation sites (N-methyl/N-ethyl adjacent to an activating group) is 1. The van der Waals surface area contributed by atoms with Gasteiger partial charge < -0.3 is 5.32 Å². The summed E-state index contributed by atoms with van der Waals surface area (Å²) in [5.41, 5.74) is 1.40. The third kappa shape index (κ3) is 3.71. The van der Waals surface area contributed by atoms with Gasteiger partial charge in [-0.3, -0.25) is 4.79 Å². The van der Waals surface area contributed by atoms with E-state index in [4.69, 9.17) is 23.2 Å². The molecule has 0 spiro atoms. The van der Waals surface area contributed by atoms with Crippen molar-refractivity contribution in [2.75, 3.05) is 12.4 Å². The number of carbonyl (C=O) groups is 1. The van der Waals surface area contributed by atoms with Crippen molar-refractivity contribution in [3.63, 3.8) is 0 Å². The third-order valence-corrected chi connectivity index (χ3v) is 7.58. The molecule has 3 aromatic rings. The van der Waals surface area contributed by atoms with Gasteiger partial charge in [-0.1, -0.05) is 47.5 Å². The highest BCUT2D eigenvalue weighted by Gasteiger charge is 2.37. The van der Waals surface area contributed by atoms with E-state index in [0.29, 0.717) is 27.1 Å². The molecule has 1 amide bonds. The van der Waals surface area contributed by atoms with Gasteiger partial charge in [-0.15, -0.1) is 0 Å². The average Bonchev–Trinajstić information content (AvgIpc) is 3.22. The summed E-state index contributed by atoms with van der Waals surface area (Å²) in [4.78, 5) is 13.6. The molecule has 2 aromatic carbocycles. The number of hydrogen-bond donors (Lipinski definition) is 1. The van der Waals surface area contributed by atoms with Crippen LogP contribution in [0.2, 0.25) is 10.0 Å². The van der Waals surface area contributed by atoms with Crippen molar-refractivity contribution in [1.29, 1.82) is 0 Å². The number of amides is 1. The maximum absolute atomic E-state index is 13.5. The first-order valence-corrected chi connectivity index (χ1v) is 11.5. The lowest BCUT2D eigenvalue weighted by Gasteiger charge is -2.31. The monoisotopic (exact) mass is 476 g/mol. The number of fused-ring (bicyclic) bond motifs is 1. The van der Waals surface area contributed by atoms with E-state index < -0.39 is 22.0 Å². The molecule has 7 nitrogen and oxygen atoms in total. The first-order chi connectivity index (χ1) is 14.7. The SMILES string of the molecule is CC1=C(C(=O)N(C)S(=O)(=O)c2ccccc2)C(c2ccc(Cl)c(Cl)c2)n2nccc2N1. The zero-order valence-electron chi connectivity index (χ0n) is 16.6. The van der Waals surface area contributed by atoms with Crippen LogP contribution in [0.25, 0.3) is 0 Å². The Labute approximate surface area is 189 Å². The number of nitrogens with one attached hydrogen (secondary N) is 1. The summed E-state index contributed by atoms with van der Waals surface area (Å²) in [6.45, 7) is 1.72. The van der Waals surface area contributed by atoms with Gasteiger partial charge in [0.2, 0.25) is 0 Å². The van der Waals surface area contributed by atoms with Crippen LogP contribution in [0.4, 0.5) is 5.82 Å². The number of rotatable bonds is 4. The third-order valence-electron chi connectivity index (χ3n) is 5.09. The van der Waals surface area contributed by atoms with Crippen molar-refractivity contribution in [1.82, 2.24) is 14.1 Å². The Morgan fingerprint density at radius 2 is 1.81 bits per heavy atom.